The van der Waals surface area contributed by atoms with Gasteiger partial charge in [0.1, 0.15) is 5.75 Å². The number of hydrogen-bond donors (Lipinski definition) is 1. The summed E-state index contributed by atoms with van der Waals surface area (Å²) in [5.74, 6) is 0.652. The van der Waals surface area contributed by atoms with Crippen molar-refractivity contribution in [2.24, 2.45) is 0 Å². The third kappa shape index (κ3) is 4.17. The molecular formula is C14H13N3O5. The Hall–Kier alpha value is -3.16. The Labute approximate surface area is 125 Å². The fourth-order valence-corrected chi connectivity index (χ4v) is 1.57. The predicted octanol–water partition coefficient (Wildman–Crippen LogP) is 3.00. The summed E-state index contributed by atoms with van der Waals surface area (Å²) in [4.78, 5) is 25.7. The quantitative estimate of drug-likeness (QED) is 0.672. The summed E-state index contributed by atoms with van der Waals surface area (Å²) in [5, 5.41) is 13.0. The molecule has 1 aromatic carbocycles. The van der Waals surface area contributed by atoms with Crippen LogP contribution in [0, 0.1) is 10.1 Å². The van der Waals surface area contributed by atoms with Crippen molar-refractivity contribution in [2.75, 3.05) is 11.9 Å². The molecule has 2 rings (SSSR count). The highest BCUT2D eigenvalue weighted by Gasteiger charge is 2.08. The maximum atomic E-state index is 11.7. The standard InChI is InChI=1S/C14H13N3O5/c1-2-21-13-8-3-10(9-15-13)16-14(18)22-12-6-4-11(5-7-12)17(19)20/h3-9H,2H2,1H3,(H,16,18). The van der Waals surface area contributed by atoms with Gasteiger partial charge >= 0.3 is 6.09 Å². The van der Waals surface area contributed by atoms with E-state index in [2.05, 4.69) is 10.3 Å². The van der Waals surface area contributed by atoms with Crippen LogP contribution in [0.25, 0.3) is 0 Å². The second-order valence-corrected chi connectivity index (χ2v) is 4.08. The van der Waals surface area contributed by atoms with Crippen molar-refractivity contribution >= 4 is 17.5 Å². The monoisotopic (exact) mass is 303 g/mol. The number of pyridine rings is 1. The maximum absolute atomic E-state index is 11.7. The van der Waals surface area contributed by atoms with Crippen LogP contribution in [-0.2, 0) is 0 Å². The van der Waals surface area contributed by atoms with Crippen LogP contribution in [0.15, 0.2) is 42.6 Å². The number of anilines is 1. The summed E-state index contributed by atoms with van der Waals surface area (Å²) in [5.41, 5.74) is 0.360. The van der Waals surface area contributed by atoms with E-state index in [1.54, 1.807) is 12.1 Å². The smallest absolute Gasteiger partial charge is 0.417 e. The van der Waals surface area contributed by atoms with E-state index in [1.165, 1.54) is 30.5 Å². The zero-order valence-corrected chi connectivity index (χ0v) is 11.7. The van der Waals surface area contributed by atoms with E-state index >= 15 is 0 Å². The average molecular weight is 303 g/mol. The largest absolute Gasteiger partial charge is 0.478 e. The number of nitrogens with one attached hydrogen (secondary N) is 1. The highest BCUT2D eigenvalue weighted by atomic mass is 16.6. The number of nitrogens with zero attached hydrogens (tertiary/aromatic N) is 2. The van der Waals surface area contributed by atoms with E-state index in [1.807, 2.05) is 6.92 Å². The van der Waals surface area contributed by atoms with Crippen LogP contribution in [0.3, 0.4) is 0 Å². The zero-order valence-electron chi connectivity index (χ0n) is 11.7. The fraction of sp³-hybridized carbons (Fsp3) is 0.143. The number of non-ortho nitro benzene ring substituents is 1. The van der Waals surface area contributed by atoms with Gasteiger partial charge in [0.15, 0.2) is 0 Å². The van der Waals surface area contributed by atoms with Gasteiger partial charge < -0.3 is 9.47 Å². The highest BCUT2D eigenvalue weighted by molar-refractivity contribution is 5.86. The molecule has 1 amide bonds. The summed E-state index contributed by atoms with van der Waals surface area (Å²) in [6.45, 7) is 2.34. The minimum Gasteiger partial charge on any atom is -0.478 e. The molecule has 1 N–H and O–H groups in total. The van der Waals surface area contributed by atoms with Crippen LogP contribution in [0.5, 0.6) is 11.6 Å². The molecule has 0 aliphatic rings. The molecular weight excluding hydrogens is 290 g/mol. The number of carbonyl (C=O) groups excluding carboxylic acids is 1. The van der Waals surface area contributed by atoms with E-state index in [0.717, 1.165) is 0 Å². The number of nitro groups is 1. The Kier molecular flexibility index (Phi) is 4.86. The zero-order chi connectivity index (χ0) is 15.9. The Bertz CT molecular complexity index is 655. The van der Waals surface area contributed by atoms with Crippen molar-refractivity contribution in [2.45, 2.75) is 6.92 Å². The molecule has 0 aliphatic heterocycles. The predicted molar refractivity (Wildman–Crippen MR) is 78.1 cm³/mol. The molecule has 2 aromatic rings. The van der Waals surface area contributed by atoms with Crippen LogP contribution in [0.1, 0.15) is 6.92 Å². The molecule has 1 heterocycles. The van der Waals surface area contributed by atoms with Crippen LogP contribution in [0.4, 0.5) is 16.2 Å². The van der Waals surface area contributed by atoms with Crippen LogP contribution >= 0.6 is 0 Å². The van der Waals surface area contributed by atoms with Gasteiger partial charge in [-0.05, 0) is 25.1 Å². The lowest BCUT2D eigenvalue weighted by atomic mass is 10.3. The lowest BCUT2D eigenvalue weighted by Gasteiger charge is -2.07. The lowest BCUT2D eigenvalue weighted by molar-refractivity contribution is -0.384. The third-order valence-electron chi connectivity index (χ3n) is 2.53. The second-order valence-electron chi connectivity index (χ2n) is 4.08. The van der Waals surface area contributed by atoms with Crippen molar-refractivity contribution < 1.29 is 19.2 Å². The van der Waals surface area contributed by atoms with Gasteiger partial charge in [0.25, 0.3) is 5.69 Å². The van der Waals surface area contributed by atoms with Gasteiger partial charge in [-0.25, -0.2) is 9.78 Å². The minimum absolute atomic E-state index is 0.0801. The summed E-state index contributed by atoms with van der Waals surface area (Å²) in [7, 11) is 0. The van der Waals surface area contributed by atoms with Gasteiger partial charge in [-0.3, -0.25) is 15.4 Å². The fourth-order valence-electron chi connectivity index (χ4n) is 1.57. The highest BCUT2D eigenvalue weighted by Crippen LogP contribution is 2.18. The van der Waals surface area contributed by atoms with E-state index in [9.17, 15) is 14.9 Å². The van der Waals surface area contributed by atoms with Crippen LogP contribution in [-0.4, -0.2) is 22.6 Å². The van der Waals surface area contributed by atoms with Gasteiger partial charge in [-0.1, -0.05) is 0 Å². The molecule has 0 radical (unpaired) electrons. The Morgan fingerprint density at radius 1 is 1.27 bits per heavy atom. The van der Waals surface area contributed by atoms with Crippen molar-refractivity contribution in [3.63, 3.8) is 0 Å². The number of rotatable bonds is 5. The molecule has 1 aromatic heterocycles. The third-order valence-corrected chi connectivity index (χ3v) is 2.53. The topological polar surface area (TPSA) is 104 Å². The molecule has 114 valence electrons. The van der Waals surface area contributed by atoms with E-state index in [-0.39, 0.29) is 11.4 Å². The molecule has 0 saturated carbocycles. The van der Waals surface area contributed by atoms with Gasteiger partial charge in [0, 0.05) is 18.2 Å². The number of hydrogen-bond acceptors (Lipinski definition) is 6. The first kappa shape index (κ1) is 15.2. The van der Waals surface area contributed by atoms with E-state index < -0.39 is 11.0 Å². The van der Waals surface area contributed by atoms with Gasteiger partial charge in [0.05, 0.1) is 23.4 Å². The molecule has 0 aliphatic carbocycles. The number of aromatic nitrogens is 1. The molecule has 0 fully saturated rings. The van der Waals surface area contributed by atoms with Crippen LogP contribution in [0.2, 0.25) is 0 Å². The van der Waals surface area contributed by atoms with Crippen molar-refractivity contribution in [3.05, 3.63) is 52.7 Å². The SMILES string of the molecule is CCOc1ccc(NC(=O)Oc2ccc([N+](=O)[O-])cc2)cn1. The first-order valence-electron chi connectivity index (χ1n) is 6.40. The molecule has 0 unspecified atom stereocenters. The van der Waals surface area contributed by atoms with Crippen molar-refractivity contribution in [1.29, 1.82) is 0 Å². The minimum atomic E-state index is -0.722. The molecule has 0 spiro atoms. The average Bonchev–Trinajstić information content (AvgIpc) is 2.50. The summed E-state index contributed by atoms with van der Waals surface area (Å²) >= 11 is 0. The maximum Gasteiger partial charge on any atom is 0.417 e. The Morgan fingerprint density at radius 2 is 2.00 bits per heavy atom. The normalized spacial score (nSPS) is 9.86. The molecule has 8 heteroatoms. The number of benzene rings is 1. The first-order valence-corrected chi connectivity index (χ1v) is 6.40. The number of carbonyl (C=O) groups is 1. The van der Waals surface area contributed by atoms with Gasteiger partial charge in [0.2, 0.25) is 5.88 Å². The molecule has 0 atom stereocenters. The number of ether oxygens (including phenoxy) is 2. The lowest BCUT2D eigenvalue weighted by Crippen LogP contribution is -2.16. The Morgan fingerprint density at radius 3 is 2.55 bits per heavy atom. The second kappa shape index (κ2) is 7.02. The molecule has 0 bridgehead atoms. The van der Waals surface area contributed by atoms with E-state index in [0.29, 0.717) is 18.2 Å². The van der Waals surface area contributed by atoms with Gasteiger partial charge in [-0.15, -0.1) is 0 Å². The van der Waals surface area contributed by atoms with Crippen molar-refractivity contribution in [3.8, 4) is 11.6 Å². The van der Waals surface area contributed by atoms with Crippen LogP contribution < -0.4 is 14.8 Å². The first-order chi connectivity index (χ1) is 10.6. The molecule has 0 saturated heterocycles. The summed E-state index contributed by atoms with van der Waals surface area (Å²) in [6, 6.07) is 8.42. The number of nitro benzene ring substituents is 1. The van der Waals surface area contributed by atoms with Crippen molar-refractivity contribution in [1.82, 2.24) is 4.98 Å². The summed E-state index contributed by atoms with van der Waals surface area (Å²) < 4.78 is 10.2. The van der Waals surface area contributed by atoms with E-state index in [4.69, 9.17) is 9.47 Å². The van der Waals surface area contributed by atoms with Gasteiger partial charge in [-0.2, -0.15) is 0 Å². The number of amides is 1. The molecule has 22 heavy (non-hydrogen) atoms. The Balaban J connectivity index is 1.93. The molecule has 8 nitrogen and oxygen atoms in total. The summed E-state index contributed by atoms with van der Waals surface area (Å²) in [6.07, 6.45) is 0.710.